The number of methoxy groups -OCH3 is 2. The Bertz CT molecular complexity index is 347. The van der Waals surface area contributed by atoms with Gasteiger partial charge in [0.05, 0.1) is 14.2 Å². The second kappa shape index (κ2) is 6.59. The van der Waals surface area contributed by atoms with Gasteiger partial charge in [-0.3, -0.25) is 0 Å². The van der Waals surface area contributed by atoms with E-state index < -0.39 is 0 Å². The first-order valence-electron chi connectivity index (χ1n) is 5.31. The Morgan fingerprint density at radius 1 is 1.19 bits per heavy atom. The number of halogens is 1. The van der Waals surface area contributed by atoms with Crippen molar-refractivity contribution in [1.29, 1.82) is 0 Å². The van der Waals surface area contributed by atoms with Crippen molar-refractivity contribution in [2.45, 2.75) is 19.8 Å². The number of hydrogen-bond donors (Lipinski definition) is 0. The molecule has 0 heterocycles. The van der Waals surface area contributed by atoms with Gasteiger partial charge in [-0.15, -0.1) is 0 Å². The van der Waals surface area contributed by atoms with Crippen LogP contribution in [-0.4, -0.2) is 14.2 Å². The first kappa shape index (κ1) is 13.1. The second-order valence-corrected chi connectivity index (χ2v) is 4.22. The predicted octanol–water partition coefficient (Wildman–Crippen LogP) is 4.28. The summed E-state index contributed by atoms with van der Waals surface area (Å²) in [6.45, 7) is 2.16. The van der Waals surface area contributed by atoms with Crippen LogP contribution >= 0.6 is 15.9 Å². The number of hydrogen-bond acceptors (Lipinski definition) is 2. The maximum absolute atomic E-state index is 5.27. The molecule has 0 bridgehead atoms. The summed E-state index contributed by atoms with van der Waals surface area (Å²) < 4.78 is 11.4. The van der Waals surface area contributed by atoms with Crippen LogP contribution in [0.4, 0.5) is 0 Å². The monoisotopic (exact) mass is 284 g/mol. The highest BCUT2D eigenvalue weighted by Crippen LogP contribution is 2.35. The van der Waals surface area contributed by atoms with Crippen LogP contribution in [0.15, 0.2) is 22.7 Å². The van der Waals surface area contributed by atoms with Gasteiger partial charge in [0, 0.05) is 0 Å². The fraction of sp³-hybridized carbons (Fsp3) is 0.385. The van der Waals surface area contributed by atoms with Crippen molar-refractivity contribution in [3.05, 3.63) is 28.2 Å². The molecule has 0 saturated carbocycles. The van der Waals surface area contributed by atoms with Crippen molar-refractivity contribution >= 4 is 22.0 Å². The molecule has 1 aromatic carbocycles. The van der Waals surface area contributed by atoms with E-state index in [0.29, 0.717) is 0 Å². The van der Waals surface area contributed by atoms with Gasteiger partial charge in [0.25, 0.3) is 0 Å². The third-order valence-electron chi connectivity index (χ3n) is 2.23. The Balaban J connectivity index is 3.02. The summed E-state index contributed by atoms with van der Waals surface area (Å²) >= 11 is 3.44. The van der Waals surface area contributed by atoms with Gasteiger partial charge in [0.15, 0.2) is 0 Å². The number of allylic oxidation sites excluding steroid dienone is 1. The van der Waals surface area contributed by atoms with Gasteiger partial charge in [0.1, 0.15) is 16.0 Å². The van der Waals surface area contributed by atoms with Gasteiger partial charge < -0.3 is 9.47 Å². The molecule has 0 aliphatic carbocycles. The molecule has 0 aliphatic rings. The van der Waals surface area contributed by atoms with Crippen molar-refractivity contribution in [1.82, 2.24) is 0 Å². The molecule has 1 aromatic rings. The van der Waals surface area contributed by atoms with E-state index in [1.807, 2.05) is 12.1 Å². The minimum atomic E-state index is 0.787. The number of rotatable bonds is 5. The molecule has 0 amide bonds. The maximum Gasteiger partial charge on any atom is 0.137 e. The lowest BCUT2D eigenvalue weighted by atomic mass is 10.1. The topological polar surface area (TPSA) is 18.5 Å². The average Bonchev–Trinajstić information content (AvgIpc) is 2.31. The highest BCUT2D eigenvalue weighted by molar-refractivity contribution is 9.10. The van der Waals surface area contributed by atoms with Crippen LogP contribution in [-0.2, 0) is 0 Å². The Hall–Kier alpha value is -0.960. The van der Waals surface area contributed by atoms with Gasteiger partial charge >= 0.3 is 0 Å². The largest absolute Gasteiger partial charge is 0.495 e. The van der Waals surface area contributed by atoms with Crippen LogP contribution < -0.4 is 9.47 Å². The minimum Gasteiger partial charge on any atom is -0.495 e. The van der Waals surface area contributed by atoms with E-state index in [2.05, 4.69) is 35.0 Å². The molecular formula is C13H17BrO2. The third kappa shape index (κ3) is 3.27. The van der Waals surface area contributed by atoms with E-state index in [1.165, 1.54) is 0 Å². The fourth-order valence-corrected chi connectivity index (χ4v) is 1.92. The molecule has 3 heteroatoms. The molecule has 0 aliphatic heterocycles. The van der Waals surface area contributed by atoms with Gasteiger partial charge in [-0.25, -0.2) is 0 Å². The molecule has 88 valence electrons. The van der Waals surface area contributed by atoms with E-state index in [9.17, 15) is 0 Å². The van der Waals surface area contributed by atoms with Crippen molar-refractivity contribution < 1.29 is 9.47 Å². The molecule has 0 N–H and O–H groups in total. The molecule has 0 radical (unpaired) electrons. The van der Waals surface area contributed by atoms with E-state index in [-0.39, 0.29) is 0 Å². The fourth-order valence-electron chi connectivity index (χ4n) is 1.37. The molecule has 1 rings (SSSR count). The standard InChI is InChI=1S/C13H17BrO2/c1-4-5-6-7-10-8-11(15-2)13(14)12(9-10)16-3/h6-9H,4-5H2,1-3H3/b7-6+. The highest BCUT2D eigenvalue weighted by atomic mass is 79.9. The lowest BCUT2D eigenvalue weighted by Gasteiger charge is -2.09. The Morgan fingerprint density at radius 2 is 1.75 bits per heavy atom. The zero-order chi connectivity index (χ0) is 12.0. The highest BCUT2D eigenvalue weighted by Gasteiger charge is 2.08. The summed E-state index contributed by atoms with van der Waals surface area (Å²) in [6, 6.07) is 3.97. The maximum atomic E-state index is 5.27. The number of ether oxygens (including phenoxy) is 2. The first-order valence-corrected chi connectivity index (χ1v) is 6.10. The van der Waals surface area contributed by atoms with Gasteiger partial charge in [-0.1, -0.05) is 25.5 Å². The zero-order valence-electron chi connectivity index (χ0n) is 9.92. The van der Waals surface area contributed by atoms with Crippen LogP contribution in [0.2, 0.25) is 0 Å². The molecule has 16 heavy (non-hydrogen) atoms. The van der Waals surface area contributed by atoms with Gasteiger partial charge in [0.2, 0.25) is 0 Å². The van der Waals surface area contributed by atoms with E-state index in [0.717, 1.165) is 34.4 Å². The lowest BCUT2D eigenvalue weighted by molar-refractivity contribution is 0.389. The smallest absolute Gasteiger partial charge is 0.137 e. The van der Waals surface area contributed by atoms with Crippen LogP contribution in [0.1, 0.15) is 25.3 Å². The minimum absolute atomic E-state index is 0.787. The Morgan fingerprint density at radius 3 is 2.19 bits per heavy atom. The molecule has 0 spiro atoms. The van der Waals surface area contributed by atoms with E-state index in [4.69, 9.17) is 9.47 Å². The van der Waals surface area contributed by atoms with Crippen LogP contribution in [0.3, 0.4) is 0 Å². The van der Waals surface area contributed by atoms with Crippen molar-refractivity contribution in [3.63, 3.8) is 0 Å². The van der Waals surface area contributed by atoms with Crippen LogP contribution in [0.25, 0.3) is 6.08 Å². The SMILES string of the molecule is CCC/C=C/c1cc(OC)c(Br)c(OC)c1. The normalized spacial score (nSPS) is 10.8. The molecular weight excluding hydrogens is 268 g/mol. The Kier molecular flexibility index (Phi) is 5.39. The summed E-state index contributed by atoms with van der Waals surface area (Å²) in [6.07, 6.45) is 6.48. The summed E-state index contributed by atoms with van der Waals surface area (Å²) in [5.41, 5.74) is 1.09. The quantitative estimate of drug-likeness (QED) is 0.804. The van der Waals surface area contributed by atoms with Crippen LogP contribution in [0.5, 0.6) is 11.5 Å². The molecule has 0 saturated heterocycles. The van der Waals surface area contributed by atoms with Gasteiger partial charge in [-0.05, 0) is 40.0 Å². The van der Waals surface area contributed by atoms with E-state index in [1.54, 1.807) is 14.2 Å². The summed E-state index contributed by atoms with van der Waals surface area (Å²) in [7, 11) is 3.30. The number of unbranched alkanes of at least 4 members (excludes halogenated alkanes) is 1. The summed E-state index contributed by atoms with van der Waals surface area (Å²) in [4.78, 5) is 0. The molecule has 0 aromatic heterocycles. The molecule has 0 atom stereocenters. The van der Waals surface area contributed by atoms with Crippen molar-refractivity contribution in [2.24, 2.45) is 0 Å². The van der Waals surface area contributed by atoms with Crippen molar-refractivity contribution in [2.75, 3.05) is 14.2 Å². The Labute approximate surface area is 105 Å². The molecule has 2 nitrogen and oxygen atoms in total. The van der Waals surface area contributed by atoms with Crippen LogP contribution in [0, 0.1) is 0 Å². The third-order valence-corrected chi connectivity index (χ3v) is 3.02. The molecule has 0 fully saturated rings. The summed E-state index contributed by atoms with van der Waals surface area (Å²) in [5, 5.41) is 0. The zero-order valence-corrected chi connectivity index (χ0v) is 11.5. The number of benzene rings is 1. The lowest BCUT2D eigenvalue weighted by Crippen LogP contribution is -1.90. The first-order chi connectivity index (χ1) is 7.72. The average molecular weight is 285 g/mol. The summed E-state index contributed by atoms with van der Waals surface area (Å²) in [5.74, 6) is 1.57. The second-order valence-electron chi connectivity index (χ2n) is 3.43. The van der Waals surface area contributed by atoms with Crippen molar-refractivity contribution in [3.8, 4) is 11.5 Å². The van der Waals surface area contributed by atoms with E-state index >= 15 is 0 Å². The van der Waals surface area contributed by atoms with Gasteiger partial charge in [-0.2, -0.15) is 0 Å². The predicted molar refractivity (Wildman–Crippen MR) is 71.2 cm³/mol. The molecule has 0 unspecified atom stereocenters.